The SMILES string of the molecule is Nc1nc2c(c(=O)[nH]1)n(Cc1ccc(F)cc1)c[n+]2C1OC(COP(=O)(O)NCCCCCC(=O)Nc2cccc3c2CN(C2CCC(=O)NC2=O)C3=O)C(O)C1O. The van der Waals surface area contributed by atoms with Crippen molar-refractivity contribution in [2.75, 3.05) is 24.2 Å². The lowest BCUT2D eigenvalue weighted by Crippen LogP contribution is -2.52. The number of piperidine rings is 1. The van der Waals surface area contributed by atoms with E-state index in [1.165, 1.54) is 44.6 Å². The zero-order valence-corrected chi connectivity index (χ0v) is 31.8. The molecule has 2 fully saturated rings. The number of aliphatic hydroxyl groups excluding tert-OH is 2. The molecule has 22 heteroatoms. The van der Waals surface area contributed by atoms with Crippen molar-refractivity contribution in [2.24, 2.45) is 0 Å². The minimum Gasteiger partial charge on any atom is -0.387 e. The highest BCUT2D eigenvalue weighted by molar-refractivity contribution is 7.50. The molecule has 0 spiro atoms. The van der Waals surface area contributed by atoms with E-state index in [0.717, 1.165) is 0 Å². The van der Waals surface area contributed by atoms with Crippen LogP contribution in [0.3, 0.4) is 0 Å². The van der Waals surface area contributed by atoms with Gasteiger partial charge in [0.15, 0.2) is 6.33 Å². The fourth-order valence-corrected chi connectivity index (χ4v) is 8.19. The maximum Gasteiger partial charge on any atom is 0.403 e. The Morgan fingerprint density at radius 3 is 2.64 bits per heavy atom. The van der Waals surface area contributed by atoms with Crippen LogP contribution in [0.25, 0.3) is 11.2 Å². The fourth-order valence-electron chi connectivity index (χ4n) is 7.31. The third kappa shape index (κ3) is 8.70. The third-order valence-electron chi connectivity index (χ3n) is 10.2. The van der Waals surface area contributed by atoms with Crippen molar-refractivity contribution in [1.29, 1.82) is 0 Å². The average Bonchev–Trinajstić information content (AvgIpc) is 3.80. The van der Waals surface area contributed by atoms with E-state index in [-0.39, 0.29) is 73.7 Å². The first-order valence-corrected chi connectivity index (χ1v) is 20.1. The molecule has 2 aromatic heterocycles. The number of H-pyrrole nitrogens is 1. The van der Waals surface area contributed by atoms with E-state index >= 15 is 0 Å². The minimum absolute atomic E-state index is 0.0200. The molecule has 0 radical (unpaired) electrons. The van der Waals surface area contributed by atoms with Crippen molar-refractivity contribution in [1.82, 2.24) is 29.8 Å². The summed E-state index contributed by atoms with van der Waals surface area (Å²) < 4.78 is 40.1. The summed E-state index contributed by atoms with van der Waals surface area (Å²) in [6.45, 7) is -0.334. The molecule has 5 heterocycles. The fraction of sp³-hybridized carbons (Fsp3) is 0.417. The smallest absolute Gasteiger partial charge is 0.387 e. The number of aromatic nitrogens is 4. The second kappa shape index (κ2) is 16.8. The first-order valence-electron chi connectivity index (χ1n) is 18.5. The maximum atomic E-state index is 13.5. The Hall–Kier alpha value is -5.41. The summed E-state index contributed by atoms with van der Waals surface area (Å²) in [4.78, 5) is 81.1. The van der Waals surface area contributed by atoms with Gasteiger partial charge in [0.2, 0.25) is 29.5 Å². The molecule has 0 saturated carbocycles. The number of hydrogen-bond acceptors (Lipinski definition) is 12. The van der Waals surface area contributed by atoms with Gasteiger partial charge in [-0.15, -0.1) is 0 Å². The maximum absolute atomic E-state index is 13.5. The van der Waals surface area contributed by atoms with Crippen molar-refractivity contribution < 1.29 is 57.1 Å². The van der Waals surface area contributed by atoms with Gasteiger partial charge in [0, 0.05) is 42.7 Å². The molecule has 2 aromatic carbocycles. The number of unbranched alkanes of at least 4 members (excludes halogenated alkanes) is 2. The summed E-state index contributed by atoms with van der Waals surface area (Å²) in [5.41, 5.74) is 7.33. The van der Waals surface area contributed by atoms with Crippen LogP contribution < -0.4 is 31.6 Å². The number of carbonyl (C=O) groups excluding carboxylic acids is 4. The molecule has 6 unspecified atom stereocenters. The number of nitrogens with zero attached hydrogens (tertiary/aromatic N) is 4. The highest BCUT2D eigenvalue weighted by atomic mass is 31.2. The Kier molecular flexibility index (Phi) is 11.8. The molecule has 3 aliphatic rings. The van der Waals surface area contributed by atoms with Crippen LogP contribution in [0, 0.1) is 5.82 Å². The molecule has 0 aliphatic carbocycles. The summed E-state index contributed by atoms with van der Waals surface area (Å²) in [6.07, 6.45) is -2.49. The van der Waals surface area contributed by atoms with E-state index in [1.807, 2.05) is 0 Å². The second-order valence-corrected chi connectivity index (χ2v) is 15.9. The zero-order valence-electron chi connectivity index (χ0n) is 30.9. The molecule has 2 saturated heterocycles. The van der Waals surface area contributed by atoms with Crippen LogP contribution >= 0.6 is 7.75 Å². The predicted molar refractivity (Wildman–Crippen MR) is 200 cm³/mol. The topological polar surface area (TPSA) is 284 Å². The lowest BCUT2D eigenvalue weighted by atomic mass is 10.0. The molecule has 58 heavy (non-hydrogen) atoms. The summed E-state index contributed by atoms with van der Waals surface area (Å²) in [7, 11) is -4.41. The number of nitrogens with two attached hydrogens (primary N) is 1. The van der Waals surface area contributed by atoms with E-state index in [2.05, 4.69) is 25.7 Å². The number of carbonyl (C=O) groups is 4. The number of amides is 4. The number of nitrogen functional groups attached to an aromatic ring is 1. The number of rotatable bonds is 15. The number of ether oxygens (including phenoxy) is 1. The number of fused-ring (bicyclic) bond motifs is 2. The van der Waals surface area contributed by atoms with Crippen molar-refractivity contribution in [3.63, 3.8) is 0 Å². The lowest BCUT2D eigenvalue weighted by molar-refractivity contribution is -0.745. The van der Waals surface area contributed by atoms with Crippen LogP contribution in [0.4, 0.5) is 16.0 Å². The largest absolute Gasteiger partial charge is 0.403 e. The number of aromatic amines is 1. The van der Waals surface area contributed by atoms with Crippen molar-refractivity contribution in [3.05, 3.63) is 81.7 Å². The first-order chi connectivity index (χ1) is 27.7. The molecule has 4 amide bonds. The molecule has 20 nitrogen and oxygen atoms in total. The molecular weight excluding hydrogens is 784 g/mol. The molecule has 308 valence electrons. The van der Waals surface area contributed by atoms with Crippen molar-refractivity contribution >= 4 is 54.2 Å². The van der Waals surface area contributed by atoms with Gasteiger partial charge in [-0.1, -0.05) is 29.6 Å². The van der Waals surface area contributed by atoms with E-state index in [1.54, 1.807) is 18.2 Å². The third-order valence-corrected chi connectivity index (χ3v) is 11.4. The number of imide groups is 1. The van der Waals surface area contributed by atoms with Gasteiger partial charge < -0.3 is 35.8 Å². The van der Waals surface area contributed by atoms with Gasteiger partial charge in [0.05, 0.1) is 13.2 Å². The van der Waals surface area contributed by atoms with E-state index in [9.17, 15) is 48.0 Å². The van der Waals surface area contributed by atoms with Gasteiger partial charge in [-0.05, 0) is 49.1 Å². The van der Waals surface area contributed by atoms with Crippen molar-refractivity contribution in [3.8, 4) is 0 Å². The number of hydrogen-bond donors (Lipinski definition) is 8. The highest BCUT2D eigenvalue weighted by Gasteiger charge is 2.48. The summed E-state index contributed by atoms with van der Waals surface area (Å²) in [5.74, 6) is -2.23. The summed E-state index contributed by atoms with van der Waals surface area (Å²) >= 11 is 0. The standard InChI is InChI=1S/C36H41FN9O11P/c37-20-10-8-19(9-11-20)15-44-18-46(31-28(44)33(52)43-36(38)42-31)35-30(50)29(49)25(57-35)17-56-58(54,55)39-14-3-1-2-7-26(47)40-23-6-4-5-21-22(23)16-45(34(21)53)24-12-13-27(48)41-32(24)51/h4-6,8-11,18,24-25,29-30,35,49-50H,1-3,7,12-17H2,(H6-,38,39,40,41,42,43,47,48,51,52,54,55)/p+1. The monoisotopic (exact) mass is 826 g/mol. The lowest BCUT2D eigenvalue weighted by Gasteiger charge is -2.29. The Morgan fingerprint density at radius 1 is 1.10 bits per heavy atom. The van der Waals surface area contributed by atoms with Gasteiger partial charge in [-0.3, -0.25) is 43.4 Å². The quantitative estimate of drug-likeness (QED) is 0.0341. The van der Waals surface area contributed by atoms with Gasteiger partial charge in [0.25, 0.3) is 17.4 Å². The second-order valence-electron chi connectivity index (χ2n) is 14.3. The van der Waals surface area contributed by atoms with Crippen LogP contribution in [0.1, 0.15) is 66.2 Å². The first kappa shape index (κ1) is 40.8. The normalized spacial score (nSPS) is 22.9. The molecule has 3 aliphatic heterocycles. The van der Waals surface area contributed by atoms with Crippen LogP contribution in [0.15, 0.2) is 53.6 Å². The average molecular weight is 827 g/mol. The predicted octanol–water partition coefficient (Wildman–Crippen LogP) is 0.0676. The zero-order chi connectivity index (χ0) is 41.3. The van der Waals surface area contributed by atoms with Gasteiger partial charge >= 0.3 is 13.4 Å². The van der Waals surface area contributed by atoms with Gasteiger partial charge in [0.1, 0.15) is 30.2 Å². The molecule has 6 atom stereocenters. The molecule has 0 bridgehead atoms. The van der Waals surface area contributed by atoms with Crippen LogP contribution in [0.2, 0.25) is 0 Å². The Morgan fingerprint density at radius 2 is 1.88 bits per heavy atom. The van der Waals surface area contributed by atoms with E-state index < -0.39 is 62.2 Å². The van der Waals surface area contributed by atoms with Crippen LogP contribution in [0.5, 0.6) is 0 Å². The number of benzene rings is 2. The number of halogens is 1. The van der Waals surface area contributed by atoms with Gasteiger partial charge in [-0.2, -0.15) is 0 Å². The Balaban J connectivity index is 0.868. The van der Waals surface area contributed by atoms with Crippen LogP contribution in [-0.4, -0.2) is 95.7 Å². The number of anilines is 2. The molecule has 9 N–H and O–H groups in total. The number of imidazole rings is 1. The van der Waals surface area contributed by atoms with Gasteiger partial charge in [-0.25, -0.2) is 18.6 Å². The molecule has 4 aromatic rings. The van der Waals surface area contributed by atoms with E-state index in [4.69, 9.17) is 15.0 Å². The Labute approximate surface area is 328 Å². The molecular formula is C36H42FN9O11P+. The number of aliphatic hydroxyl groups is 2. The minimum atomic E-state index is -4.41. The van der Waals surface area contributed by atoms with E-state index in [0.29, 0.717) is 41.6 Å². The summed E-state index contributed by atoms with van der Waals surface area (Å²) in [5, 5.41) is 29.3. The summed E-state index contributed by atoms with van der Waals surface area (Å²) in [6, 6.07) is 9.75. The highest BCUT2D eigenvalue weighted by Crippen LogP contribution is 2.39. The van der Waals surface area contributed by atoms with Crippen LogP contribution in [-0.2, 0) is 41.3 Å². The molecule has 7 rings (SSSR count). The number of nitrogens with one attached hydrogen (secondary N) is 4. The van der Waals surface area contributed by atoms with Crippen molar-refractivity contribution in [2.45, 2.75) is 82.2 Å². The Bertz CT molecular complexity index is 2360.